The summed E-state index contributed by atoms with van der Waals surface area (Å²) in [5.74, 6) is 0.394. The average Bonchev–Trinajstić information content (AvgIpc) is 3.04. The van der Waals surface area contributed by atoms with Crippen molar-refractivity contribution in [3.63, 3.8) is 0 Å². The number of benzene rings is 2. The van der Waals surface area contributed by atoms with E-state index in [9.17, 15) is 4.39 Å². The Morgan fingerprint density at radius 1 is 1.04 bits per heavy atom. The molecule has 0 fully saturated rings. The predicted molar refractivity (Wildman–Crippen MR) is 84.5 cm³/mol. The minimum Gasteiger partial charge on any atom is -0.346 e. The molecule has 4 rings (SSSR count). The lowest BCUT2D eigenvalue weighted by Crippen LogP contribution is -2.28. The number of halogens is 1. The van der Waals surface area contributed by atoms with Crippen molar-refractivity contribution in [3.8, 4) is 0 Å². The Balaban J connectivity index is 1.71. The molecule has 2 aromatic carbocycles. The summed E-state index contributed by atoms with van der Waals surface area (Å²) in [5.41, 5.74) is 3.42. The van der Waals surface area contributed by atoms with Crippen LogP contribution in [-0.4, -0.2) is 20.2 Å². The van der Waals surface area contributed by atoms with E-state index in [0.717, 1.165) is 12.0 Å². The summed E-state index contributed by atoms with van der Waals surface area (Å²) < 4.78 is 15.0. The van der Waals surface area contributed by atoms with Crippen molar-refractivity contribution in [1.29, 1.82) is 0 Å². The number of anilines is 1. The van der Waals surface area contributed by atoms with E-state index in [2.05, 4.69) is 52.0 Å². The van der Waals surface area contributed by atoms with Gasteiger partial charge in [-0.3, -0.25) is 0 Å². The van der Waals surface area contributed by atoms with Crippen LogP contribution in [0.15, 0.2) is 48.5 Å². The van der Waals surface area contributed by atoms with Gasteiger partial charge in [0.1, 0.15) is 5.82 Å². The zero-order valence-electron chi connectivity index (χ0n) is 12.6. The number of fused-ring (bicyclic) bond motifs is 1. The first-order chi connectivity index (χ1) is 11.2. The highest BCUT2D eigenvalue weighted by molar-refractivity contribution is 5.38. The molecule has 0 spiro atoms. The monoisotopic (exact) mass is 309 g/mol. The Labute approximate surface area is 133 Å². The predicted octanol–water partition coefficient (Wildman–Crippen LogP) is 3.27. The number of hydrogen-bond donors (Lipinski definition) is 1. The summed E-state index contributed by atoms with van der Waals surface area (Å²) in [5, 5.41) is 15.3. The van der Waals surface area contributed by atoms with Crippen LogP contribution in [0.1, 0.15) is 35.2 Å². The molecular weight excluding hydrogens is 293 g/mol. The molecule has 116 valence electrons. The standard InChI is InChI=1S/C17H16FN5/c1-11-2-4-12(5-3-11)15-10-16(13-6-8-14(18)9-7-13)23-17(19-15)20-21-22-23/h2-9,15-16H,10H2,1H3,(H,19,20,22). The fourth-order valence-corrected chi connectivity index (χ4v) is 3.02. The van der Waals surface area contributed by atoms with Crippen LogP contribution >= 0.6 is 0 Å². The highest BCUT2D eigenvalue weighted by atomic mass is 19.1. The maximum atomic E-state index is 13.2. The maximum absolute atomic E-state index is 13.2. The molecule has 1 aliphatic rings. The molecule has 23 heavy (non-hydrogen) atoms. The number of hydrogen-bond acceptors (Lipinski definition) is 4. The van der Waals surface area contributed by atoms with Crippen LogP contribution in [0.2, 0.25) is 0 Å². The van der Waals surface area contributed by atoms with Gasteiger partial charge in [-0.1, -0.05) is 47.1 Å². The van der Waals surface area contributed by atoms with Crippen molar-refractivity contribution in [1.82, 2.24) is 20.2 Å². The van der Waals surface area contributed by atoms with Crippen molar-refractivity contribution in [2.75, 3.05) is 5.32 Å². The third-order valence-electron chi connectivity index (χ3n) is 4.28. The fourth-order valence-electron chi connectivity index (χ4n) is 3.02. The van der Waals surface area contributed by atoms with Gasteiger partial charge in [-0.25, -0.2) is 9.07 Å². The van der Waals surface area contributed by atoms with Gasteiger partial charge < -0.3 is 5.32 Å². The van der Waals surface area contributed by atoms with Gasteiger partial charge in [-0.15, -0.1) is 0 Å². The maximum Gasteiger partial charge on any atom is 0.243 e. The van der Waals surface area contributed by atoms with Gasteiger partial charge in [0.15, 0.2) is 0 Å². The third kappa shape index (κ3) is 2.56. The lowest BCUT2D eigenvalue weighted by atomic mass is 9.93. The van der Waals surface area contributed by atoms with E-state index in [-0.39, 0.29) is 17.9 Å². The van der Waals surface area contributed by atoms with Gasteiger partial charge in [-0.2, -0.15) is 0 Å². The van der Waals surface area contributed by atoms with Crippen LogP contribution in [0.3, 0.4) is 0 Å². The first-order valence-electron chi connectivity index (χ1n) is 7.57. The van der Waals surface area contributed by atoms with Gasteiger partial charge >= 0.3 is 0 Å². The Bertz CT molecular complexity index is 810. The van der Waals surface area contributed by atoms with Gasteiger partial charge in [0.2, 0.25) is 5.95 Å². The van der Waals surface area contributed by atoms with Crippen LogP contribution in [0.25, 0.3) is 0 Å². The molecular formula is C17H16FN5. The SMILES string of the molecule is Cc1ccc(C2CC(c3ccc(F)cc3)n3nnnc3N2)cc1. The van der Waals surface area contributed by atoms with E-state index in [1.807, 2.05) is 0 Å². The second-order valence-corrected chi connectivity index (χ2v) is 5.86. The molecule has 1 N–H and O–H groups in total. The van der Waals surface area contributed by atoms with Crippen molar-refractivity contribution >= 4 is 5.95 Å². The van der Waals surface area contributed by atoms with Gasteiger partial charge in [0, 0.05) is 0 Å². The van der Waals surface area contributed by atoms with Crippen LogP contribution in [0, 0.1) is 12.7 Å². The molecule has 6 heteroatoms. The first kappa shape index (κ1) is 13.9. The zero-order valence-corrected chi connectivity index (χ0v) is 12.6. The number of nitrogens with zero attached hydrogens (tertiary/aromatic N) is 4. The summed E-state index contributed by atoms with van der Waals surface area (Å²) in [6.45, 7) is 2.07. The molecule has 0 aliphatic carbocycles. The third-order valence-corrected chi connectivity index (χ3v) is 4.28. The molecule has 0 amide bonds. The molecule has 0 saturated carbocycles. The molecule has 3 aromatic rings. The summed E-state index contributed by atoms with van der Waals surface area (Å²) >= 11 is 0. The minimum atomic E-state index is -0.241. The fraction of sp³-hybridized carbons (Fsp3) is 0.235. The first-order valence-corrected chi connectivity index (χ1v) is 7.57. The lowest BCUT2D eigenvalue weighted by molar-refractivity contribution is 0.423. The summed E-state index contributed by atoms with van der Waals surface area (Å²) in [6.07, 6.45) is 0.798. The number of tetrazole rings is 1. The van der Waals surface area contributed by atoms with Crippen molar-refractivity contribution < 1.29 is 4.39 Å². The molecule has 2 atom stereocenters. The molecule has 2 unspecified atom stereocenters. The van der Waals surface area contributed by atoms with E-state index in [4.69, 9.17) is 0 Å². The van der Waals surface area contributed by atoms with Crippen LogP contribution in [0.4, 0.5) is 10.3 Å². The Morgan fingerprint density at radius 2 is 1.74 bits per heavy atom. The molecule has 0 saturated heterocycles. The van der Waals surface area contributed by atoms with Crippen LogP contribution < -0.4 is 5.32 Å². The highest BCUT2D eigenvalue weighted by Crippen LogP contribution is 2.36. The topological polar surface area (TPSA) is 55.6 Å². The minimum absolute atomic E-state index is 0.0202. The van der Waals surface area contributed by atoms with Crippen molar-refractivity contribution in [2.45, 2.75) is 25.4 Å². The largest absolute Gasteiger partial charge is 0.346 e. The van der Waals surface area contributed by atoms with Crippen molar-refractivity contribution in [3.05, 3.63) is 71.0 Å². The Kier molecular flexibility index (Phi) is 3.29. The van der Waals surface area contributed by atoms with Crippen LogP contribution in [-0.2, 0) is 0 Å². The number of aryl methyl sites for hydroxylation is 1. The van der Waals surface area contributed by atoms with E-state index in [0.29, 0.717) is 5.95 Å². The number of aromatic nitrogens is 4. The highest BCUT2D eigenvalue weighted by Gasteiger charge is 2.30. The van der Waals surface area contributed by atoms with E-state index in [1.54, 1.807) is 16.8 Å². The molecule has 1 aromatic heterocycles. The molecule has 1 aliphatic heterocycles. The van der Waals surface area contributed by atoms with Crippen molar-refractivity contribution in [2.24, 2.45) is 0 Å². The molecule has 5 nitrogen and oxygen atoms in total. The van der Waals surface area contributed by atoms with Crippen LogP contribution in [0.5, 0.6) is 0 Å². The summed E-state index contributed by atoms with van der Waals surface area (Å²) in [7, 11) is 0. The van der Waals surface area contributed by atoms with E-state index in [1.165, 1.54) is 23.3 Å². The average molecular weight is 309 g/mol. The number of nitrogens with one attached hydrogen (secondary N) is 1. The quantitative estimate of drug-likeness (QED) is 0.789. The smallest absolute Gasteiger partial charge is 0.243 e. The lowest BCUT2D eigenvalue weighted by Gasteiger charge is -2.31. The molecule has 0 radical (unpaired) electrons. The molecule has 0 bridgehead atoms. The normalized spacial score (nSPS) is 19.9. The molecule has 2 heterocycles. The second-order valence-electron chi connectivity index (χ2n) is 5.86. The van der Waals surface area contributed by atoms with Gasteiger partial charge in [0.25, 0.3) is 0 Å². The van der Waals surface area contributed by atoms with Gasteiger partial charge in [-0.05, 0) is 47.0 Å². The summed E-state index contributed by atoms with van der Waals surface area (Å²) in [4.78, 5) is 0. The Morgan fingerprint density at radius 3 is 2.48 bits per heavy atom. The summed E-state index contributed by atoms with van der Waals surface area (Å²) in [6, 6.07) is 15.1. The number of rotatable bonds is 2. The van der Waals surface area contributed by atoms with E-state index >= 15 is 0 Å². The Hall–Kier alpha value is -2.76. The van der Waals surface area contributed by atoms with Gasteiger partial charge in [0.05, 0.1) is 12.1 Å². The second kappa shape index (κ2) is 5.46. The van der Waals surface area contributed by atoms with E-state index < -0.39 is 0 Å². The zero-order chi connectivity index (χ0) is 15.8.